The van der Waals surface area contributed by atoms with Crippen molar-refractivity contribution in [1.29, 1.82) is 0 Å². The third kappa shape index (κ3) is 6.05. The highest BCUT2D eigenvalue weighted by Gasteiger charge is 2.33. The van der Waals surface area contributed by atoms with Crippen LogP contribution in [-0.2, 0) is 7.05 Å². The van der Waals surface area contributed by atoms with Gasteiger partial charge in [0.15, 0.2) is 0 Å². The highest BCUT2D eigenvalue weighted by molar-refractivity contribution is 7.13. The van der Waals surface area contributed by atoms with Crippen LogP contribution in [0.1, 0.15) is 11.9 Å². The Balaban J connectivity index is 0.000000494. The van der Waals surface area contributed by atoms with Gasteiger partial charge in [0.25, 0.3) is 0 Å². The number of ether oxygens (including phenoxy) is 1. The van der Waals surface area contributed by atoms with Gasteiger partial charge in [0.1, 0.15) is 12.0 Å². The van der Waals surface area contributed by atoms with Gasteiger partial charge in [-0.05, 0) is 18.3 Å². The van der Waals surface area contributed by atoms with E-state index in [1.54, 1.807) is 14.0 Å². The summed E-state index contributed by atoms with van der Waals surface area (Å²) < 4.78 is 40.7. The lowest BCUT2D eigenvalue weighted by atomic mass is 10.7. The van der Waals surface area contributed by atoms with Crippen molar-refractivity contribution in [2.75, 3.05) is 6.61 Å². The summed E-state index contributed by atoms with van der Waals surface area (Å²) in [4.78, 5) is 10.2. The van der Waals surface area contributed by atoms with E-state index >= 15 is 0 Å². The van der Waals surface area contributed by atoms with Gasteiger partial charge in [0, 0.05) is 6.92 Å². The van der Waals surface area contributed by atoms with Crippen LogP contribution < -0.4 is 27.9 Å². The van der Waals surface area contributed by atoms with E-state index in [1.165, 1.54) is 15.9 Å². The highest BCUT2D eigenvalue weighted by atomic mass is 35.7. The number of hydrogen-bond donors (Lipinski definition) is 0. The molecule has 0 radical (unpaired) electrons. The molecule has 104 valence electrons. The van der Waals surface area contributed by atoms with E-state index in [1.807, 2.05) is 6.92 Å². The molecule has 1 heterocycles. The first kappa shape index (κ1) is 17.0. The molecule has 9 nitrogen and oxygen atoms in total. The monoisotopic (exact) mass is 302 g/mol. The molecule has 0 aliphatic carbocycles. The van der Waals surface area contributed by atoms with Crippen molar-refractivity contribution in [2.24, 2.45) is 7.05 Å². The molecule has 1 aromatic rings. The minimum atomic E-state index is -4.94. The van der Waals surface area contributed by atoms with Gasteiger partial charge in [-0.2, -0.15) is 0 Å². The molecule has 0 saturated heterocycles. The molecule has 0 atom stereocenters. The first-order valence-electron chi connectivity index (χ1n) is 4.46. The minimum Gasteiger partial charge on any atom is -0.474 e. The van der Waals surface area contributed by atoms with Crippen LogP contribution in [0, 0.1) is 27.3 Å². The van der Waals surface area contributed by atoms with Crippen molar-refractivity contribution in [1.82, 2.24) is 0 Å². The first-order chi connectivity index (χ1) is 8.07. The second kappa shape index (κ2) is 6.78. The maximum Gasteiger partial charge on any atom is 0.556 e. The van der Waals surface area contributed by atoms with Crippen molar-refractivity contribution >= 4 is 17.2 Å². The Hall–Kier alpha value is -1.04. The van der Waals surface area contributed by atoms with E-state index in [2.05, 4.69) is 0 Å². The van der Waals surface area contributed by atoms with Crippen molar-refractivity contribution in [2.45, 2.75) is 13.8 Å². The SMILES string of the molecule is CCOc1sc(C)[n+](C)c1[N+](=O)[O-].[O-][Cl+3]([O-])([O-])[O-]. The zero-order valence-corrected chi connectivity index (χ0v) is 11.3. The molecule has 0 unspecified atom stereocenters. The lowest BCUT2D eigenvalue weighted by Crippen LogP contribution is -2.68. The summed E-state index contributed by atoms with van der Waals surface area (Å²) in [6, 6.07) is 0. The molecule has 0 aromatic carbocycles. The van der Waals surface area contributed by atoms with Gasteiger partial charge in [0.05, 0.1) is 6.61 Å². The lowest BCUT2D eigenvalue weighted by Gasteiger charge is -2.17. The lowest BCUT2D eigenvalue weighted by molar-refractivity contribution is -2.00. The maximum atomic E-state index is 10.6. The summed E-state index contributed by atoms with van der Waals surface area (Å²) in [5.41, 5.74) is 0. The second-order valence-electron chi connectivity index (χ2n) is 2.86. The van der Waals surface area contributed by atoms with E-state index < -0.39 is 15.2 Å². The van der Waals surface area contributed by atoms with Gasteiger partial charge in [-0.3, -0.25) is 10.1 Å². The number of halogens is 1. The Morgan fingerprint density at radius 2 is 1.83 bits per heavy atom. The smallest absolute Gasteiger partial charge is 0.474 e. The fraction of sp³-hybridized carbons (Fsp3) is 0.571. The van der Waals surface area contributed by atoms with E-state index in [4.69, 9.17) is 23.4 Å². The van der Waals surface area contributed by atoms with E-state index in [0.717, 1.165) is 5.01 Å². The fourth-order valence-corrected chi connectivity index (χ4v) is 1.93. The number of rotatable bonds is 3. The highest BCUT2D eigenvalue weighted by Crippen LogP contribution is 2.30. The molecular formula is C7H11ClN2O7S. The summed E-state index contributed by atoms with van der Waals surface area (Å²) in [5.74, 6) is 0.0318. The molecule has 0 amide bonds. The van der Waals surface area contributed by atoms with Crippen molar-refractivity contribution in [3.05, 3.63) is 15.1 Å². The van der Waals surface area contributed by atoms with Gasteiger partial charge >= 0.3 is 10.9 Å². The Kier molecular flexibility index (Phi) is 6.38. The Morgan fingerprint density at radius 3 is 2.17 bits per heavy atom. The van der Waals surface area contributed by atoms with Crippen LogP contribution in [0.4, 0.5) is 5.82 Å². The predicted octanol–water partition coefficient (Wildman–Crippen LogP) is -3.57. The maximum absolute atomic E-state index is 10.6. The van der Waals surface area contributed by atoms with Crippen molar-refractivity contribution < 1.29 is 43.1 Å². The molecule has 0 aliphatic heterocycles. The Morgan fingerprint density at radius 1 is 1.39 bits per heavy atom. The third-order valence-electron chi connectivity index (χ3n) is 1.66. The summed E-state index contributed by atoms with van der Waals surface area (Å²) in [5, 5.41) is 11.9. The fourth-order valence-electron chi connectivity index (χ4n) is 0.956. The molecule has 11 heteroatoms. The van der Waals surface area contributed by atoms with Crippen LogP contribution in [-0.4, -0.2) is 11.5 Å². The number of hydrogen-bond acceptors (Lipinski definition) is 8. The quantitative estimate of drug-likeness (QED) is 0.318. The standard InChI is InChI=1S/C7H11N2O3S.ClHO4/c1-4-12-7-6(9(10)11)8(3)5(2)13-7;2-1(3,4)5/h4H2,1-3H3;(H,2,3,4,5)/q+1;/p-1. The van der Waals surface area contributed by atoms with Crippen LogP contribution in [0.2, 0.25) is 0 Å². The molecule has 1 rings (SSSR count). The van der Waals surface area contributed by atoms with Gasteiger partial charge in [-0.1, -0.05) is 0 Å². The number of nitro groups is 1. The van der Waals surface area contributed by atoms with Gasteiger partial charge in [-0.15, -0.1) is 14.8 Å². The molecule has 0 saturated carbocycles. The Bertz CT molecular complexity index is 411. The molecular weight excluding hydrogens is 292 g/mol. The zero-order chi connectivity index (χ0) is 14.5. The summed E-state index contributed by atoms with van der Waals surface area (Å²) in [7, 11) is -3.29. The normalized spacial score (nSPS) is 10.6. The van der Waals surface area contributed by atoms with Crippen molar-refractivity contribution in [3.63, 3.8) is 0 Å². The molecule has 0 fully saturated rings. The van der Waals surface area contributed by atoms with Crippen molar-refractivity contribution in [3.8, 4) is 5.06 Å². The number of aryl methyl sites for hydroxylation is 1. The third-order valence-corrected chi connectivity index (χ3v) is 2.72. The van der Waals surface area contributed by atoms with Gasteiger partial charge < -0.3 is 4.74 Å². The van der Waals surface area contributed by atoms with Crippen LogP contribution in [0.15, 0.2) is 0 Å². The molecule has 18 heavy (non-hydrogen) atoms. The second-order valence-corrected chi connectivity index (χ2v) is 4.78. The summed E-state index contributed by atoms with van der Waals surface area (Å²) in [6.07, 6.45) is 0. The largest absolute Gasteiger partial charge is 0.556 e. The Labute approximate surface area is 108 Å². The molecule has 0 aliphatic rings. The van der Waals surface area contributed by atoms with E-state index in [0.29, 0.717) is 11.7 Å². The van der Waals surface area contributed by atoms with Gasteiger partial charge in [0.2, 0.25) is 5.01 Å². The molecule has 0 spiro atoms. The van der Waals surface area contributed by atoms with Crippen LogP contribution >= 0.6 is 11.3 Å². The first-order valence-corrected chi connectivity index (χ1v) is 6.51. The van der Waals surface area contributed by atoms with E-state index in [9.17, 15) is 10.1 Å². The molecule has 1 aromatic heterocycles. The predicted molar refractivity (Wildman–Crippen MR) is 48.1 cm³/mol. The van der Waals surface area contributed by atoms with Gasteiger partial charge in [-0.25, -0.2) is 18.6 Å². The van der Waals surface area contributed by atoms with E-state index in [-0.39, 0.29) is 5.82 Å². The summed E-state index contributed by atoms with van der Waals surface area (Å²) in [6.45, 7) is 4.07. The minimum absolute atomic E-state index is 0.0318. The van der Waals surface area contributed by atoms with Crippen LogP contribution in [0.25, 0.3) is 0 Å². The van der Waals surface area contributed by atoms with Crippen LogP contribution in [0.5, 0.6) is 5.06 Å². The number of nitrogens with zero attached hydrogens (tertiary/aromatic N) is 2. The molecule has 0 N–H and O–H groups in total. The average molecular weight is 303 g/mol. The zero-order valence-electron chi connectivity index (χ0n) is 9.75. The number of aromatic nitrogens is 1. The van der Waals surface area contributed by atoms with Crippen LogP contribution in [0.3, 0.4) is 0 Å². The molecule has 0 bridgehead atoms. The topological polar surface area (TPSA) is 148 Å². The number of thiazole rings is 1. The average Bonchev–Trinajstić information content (AvgIpc) is 2.40. The summed E-state index contributed by atoms with van der Waals surface area (Å²) >= 11 is 1.29.